The molecule has 21 heavy (non-hydrogen) atoms. The van der Waals surface area contributed by atoms with E-state index >= 15 is 0 Å². The minimum absolute atomic E-state index is 0.219. The molecule has 3 rings (SSSR count). The monoisotopic (exact) mass is 311 g/mol. The number of rotatable bonds is 5. The second-order valence-corrected chi connectivity index (χ2v) is 6.97. The number of aromatic nitrogens is 2. The lowest BCUT2D eigenvalue weighted by atomic mass is 9.83. The molecule has 0 amide bonds. The van der Waals surface area contributed by atoms with Crippen molar-refractivity contribution >= 4 is 16.7 Å². The Hall–Kier alpha value is -0.720. The van der Waals surface area contributed by atoms with Crippen molar-refractivity contribution in [3.05, 3.63) is 5.82 Å². The molecule has 0 bridgehead atoms. The fraction of sp³-hybridized carbons (Fsp3) is 0.867. The molecule has 1 aliphatic heterocycles. The Labute approximate surface area is 130 Å². The van der Waals surface area contributed by atoms with Crippen molar-refractivity contribution in [3.63, 3.8) is 0 Å². The molecule has 1 N–H and O–H groups in total. The standard InChI is InChI=1S/C15H25N3O2S/c1-20-8-7-14-16-15(21-17-14)18-10-12(19)9-13(18)11-5-3-2-4-6-11/h11-13,19H,2-10H2,1H3/t12-,13-/m1/s1. The van der Waals surface area contributed by atoms with Crippen LogP contribution in [-0.4, -0.2) is 46.9 Å². The molecule has 1 aromatic heterocycles. The van der Waals surface area contributed by atoms with Crippen molar-refractivity contribution in [2.24, 2.45) is 5.92 Å². The van der Waals surface area contributed by atoms with Crippen LogP contribution in [0.25, 0.3) is 0 Å². The first-order valence-corrected chi connectivity index (χ1v) is 8.81. The molecule has 1 aromatic rings. The van der Waals surface area contributed by atoms with Gasteiger partial charge in [-0.1, -0.05) is 19.3 Å². The number of hydrogen-bond donors (Lipinski definition) is 1. The van der Waals surface area contributed by atoms with Gasteiger partial charge in [0.2, 0.25) is 5.13 Å². The zero-order valence-electron chi connectivity index (χ0n) is 12.7. The molecule has 6 heteroatoms. The van der Waals surface area contributed by atoms with E-state index in [-0.39, 0.29) is 6.10 Å². The van der Waals surface area contributed by atoms with E-state index in [2.05, 4.69) is 14.3 Å². The first-order chi connectivity index (χ1) is 10.3. The van der Waals surface area contributed by atoms with Crippen molar-refractivity contribution in [1.82, 2.24) is 9.36 Å². The second kappa shape index (κ2) is 7.03. The van der Waals surface area contributed by atoms with Gasteiger partial charge in [-0.25, -0.2) is 4.98 Å². The maximum Gasteiger partial charge on any atom is 0.205 e. The number of hydrogen-bond acceptors (Lipinski definition) is 6. The summed E-state index contributed by atoms with van der Waals surface area (Å²) in [5, 5.41) is 11.1. The number of methoxy groups -OCH3 is 1. The highest BCUT2D eigenvalue weighted by molar-refractivity contribution is 7.09. The maximum absolute atomic E-state index is 10.1. The van der Waals surface area contributed by atoms with E-state index in [0.717, 1.165) is 23.8 Å². The smallest absolute Gasteiger partial charge is 0.205 e. The summed E-state index contributed by atoms with van der Waals surface area (Å²) < 4.78 is 9.52. The highest BCUT2D eigenvalue weighted by atomic mass is 32.1. The number of nitrogens with zero attached hydrogens (tertiary/aromatic N) is 3. The average Bonchev–Trinajstić information content (AvgIpc) is 3.12. The van der Waals surface area contributed by atoms with Gasteiger partial charge in [0, 0.05) is 37.6 Å². The molecule has 0 unspecified atom stereocenters. The molecule has 1 aliphatic carbocycles. The van der Waals surface area contributed by atoms with E-state index in [1.165, 1.54) is 43.6 Å². The summed E-state index contributed by atoms with van der Waals surface area (Å²) in [6.07, 6.45) is 8.05. The van der Waals surface area contributed by atoms with Crippen molar-refractivity contribution in [3.8, 4) is 0 Å². The zero-order valence-corrected chi connectivity index (χ0v) is 13.5. The van der Waals surface area contributed by atoms with Crippen LogP contribution in [0.3, 0.4) is 0 Å². The van der Waals surface area contributed by atoms with E-state index in [1.807, 2.05) is 0 Å². The SMILES string of the molecule is COCCc1nsc(N2C[C@H](O)C[C@@H]2C2CCCCC2)n1. The summed E-state index contributed by atoms with van der Waals surface area (Å²) in [6, 6.07) is 0.448. The number of aliphatic hydroxyl groups is 1. The molecular weight excluding hydrogens is 286 g/mol. The van der Waals surface area contributed by atoms with E-state index < -0.39 is 0 Å². The summed E-state index contributed by atoms with van der Waals surface area (Å²) in [4.78, 5) is 6.97. The molecular formula is C15H25N3O2S. The van der Waals surface area contributed by atoms with E-state index in [1.54, 1.807) is 7.11 Å². The molecule has 0 spiro atoms. The minimum atomic E-state index is -0.219. The summed E-state index contributed by atoms with van der Waals surface area (Å²) in [5.74, 6) is 1.57. The second-order valence-electron chi connectivity index (χ2n) is 6.24. The highest BCUT2D eigenvalue weighted by Gasteiger charge is 2.38. The Morgan fingerprint density at radius 1 is 1.33 bits per heavy atom. The minimum Gasteiger partial charge on any atom is -0.391 e. The number of ether oxygens (including phenoxy) is 1. The fourth-order valence-electron chi connectivity index (χ4n) is 3.69. The van der Waals surface area contributed by atoms with Gasteiger partial charge in [-0.05, 0) is 25.2 Å². The van der Waals surface area contributed by atoms with Crippen LogP contribution in [0.1, 0.15) is 44.3 Å². The van der Waals surface area contributed by atoms with Crippen LogP contribution in [-0.2, 0) is 11.2 Å². The molecule has 5 nitrogen and oxygen atoms in total. The number of β-amino-alcohol motifs (C(OH)–C–C–N with tert-alkyl or cyclic N) is 1. The van der Waals surface area contributed by atoms with Crippen LogP contribution >= 0.6 is 11.5 Å². The Bertz CT molecular complexity index is 448. The van der Waals surface area contributed by atoms with E-state index in [9.17, 15) is 5.11 Å². The summed E-state index contributed by atoms with van der Waals surface area (Å²) in [5.41, 5.74) is 0. The summed E-state index contributed by atoms with van der Waals surface area (Å²) in [7, 11) is 1.70. The van der Waals surface area contributed by atoms with Gasteiger partial charge >= 0.3 is 0 Å². The van der Waals surface area contributed by atoms with Crippen molar-refractivity contribution in [2.45, 2.75) is 57.1 Å². The van der Waals surface area contributed by atoms with Crippen molar-refractivity contribution in [1.29, 1.82) is 0 Å². The maximum atomic E-state index is 10.1. The molecule has 0 radical (unpaired) electrons. The van der Waals surface area contributed by atoms with Crippen molar-refractivity contribution in [2.75, 3.05) is 25.2 Å². The van der Waals surface area contributed by atoms with Gasteiger partial charge in [0.25, 0.3) is 0 Å². The Kier molecular flexibility index (Phi) is 5.08. The van der Waals surface area contributed by atoms with Gasteiger partial charge in [0.1, 0.15) is 5.82 Å². The Balaban J connectivity index is 1.70. The predicted octanol–water partition coefficient (Wildman–Crippen LogP) is 2.25. The quantitative estimate of drug-likeness (QED) is 0.904. The third-order valence-corrected chi connectivity index (χ3v) is 5.54. The number of anilines is 1. The zero-order chi connectivity index (χ0) is 14.7. The van der Waals surface area contributed by atoms with Crippen LogP contribution in [0.5, 0.6) is 0 Å². The van der Waals surface area contributed by atoms with Gasteiger partial charge in [-0.15, -0.1) is 0 Å². The largest absolute Gasteiger partial charge is 0.391 e. The van der Waals surface area contributed by atoms with Gasteiger partial charge in [0.15, 0.2) is 0 Å². The topological polar surface area (TPSA) is 58.5 Å². The first-order valence-electron chi connectivity index (χ1n) is 8.04. The van der Waals surface area contributed by atoms with Crippen LogP contribution in [0.2, 0.25) is 0 Å². The normalized spacial score (nSPS) is 27.4. The molecule has 0 aromatic carbocycles. The van der Waals surface area contributed by atoms with Gasteiger partial charge in [0.05, 0.1) is 12.7 Å². The molecule has 2 heterocycles. The van der Waals surface area contributed by atoms with Crippen molar-refractivity contribution < 1.29 is 9.84 Å². The van der Waals surface area contributed by atoms with Gasteiger partial charge < -0.3 is 14.7 Å². The van der Waals surface area contributed by atoms with Crippen LogP contribution in [0, 0.1) is 5.92 Å². The molecule has 2 atom stereocenters. The highest BCUT2D eigenvalue weighted by Crippen LogP contribution is 2.37. The van der Waals surface area contributed by atoms with E-state index in [0.29, 0.717) is 25.1 Å². The summed E-state index contributed by atoms with van der Waals surface area (Å²) >= 11 is 1.47. The molecule has 1 saturated carbocycles. The first kappa shape index (κ1) is 15.2. The average molecular weight is 311 g/mol. The summed E-state index contributed by atoms with van der Waals surface area (Å²) in [6.45, 7) is 1.37. The predicted molar refractivity (Wildman–Crippen MR) is 83.8 cm³/mol. The van der Waals surface area contributed by atoms with Gasteiger partial charge in [-0.3, -0.25) is 0 Å². The Morgan fingerprint density at radius 2 is 2.14 bits per heavy atom. The lowest BCUT2D eigenvalue weighted by Gasteiger charge is -2.33. The molecule has 1 saturated heterocycles. The van der Waals surface area contributed by atoms with Crippen LogP contribution < -0.4 is 4.90 Å². The number of aliphatic hydroxyl groups excluding tert-OH is 1. The fourth-order valence-corrected chi connectivity index (χ4v) is 4.47. The molecule has 2 fully saturated rings. The van der Waals surface area contributed by atoms with Gasteiger partial charge in [-0.2, -0.15) is 4.37 Å². The third kappa shape index (κ3) is 3.55. The Morgan fingerprint density at radius 3 is 2.90 bits per heavy atom. The third-order valence-electron chi connectivity index (χ3n) is 4.75. The van der Waals surface area contributed by atoms with Crippen LogP contribution in [0.4, 0.5) is 5.13 Å². The lowest BCUT2D eigenvalue weighted by molar-refractivity contribution is 0.185. The molecule has 118 valence electrons. The molecule has 2 aliphatic rings. The van der Waals surface area contributed by atoms with Crippen LogP contribution in [0.15, 0.2) is 0 Å². The van der Waals surface area contributed by atoms with E-state index in [4.69, 9.17) is 4.74 Å². The lowest BCUT2D eigenvalue weighted by Crippen LogP contribution is -2.36.